The van der Waals surface area contributed by atoms with E-state index in [0.717, 1.165) is 30.5 Å². The summed E-state index contributed by atoms with van der Waals surface area (Å²) in [6.07, 6.45) is 5.00. The van der Waals surface area contributed by atoms with Gasteiger partial charge in [0.2, 0.25) is 5.95 Å². The van der Waals surface area contributed by atoms with Crippen LogP contribution in [0.2, 0.25) is 0 Å². The van der Waals surface area contributed by atoms with E-state index in [1.807, 2.05) is 25.3 Å². The van der Waals surface area contributed by atoms with Gasteiger partial charge in [-0.15, -0.1) is 5.10 Å². The topological polar surface area (TPSA) is 62.5 Å². The Morgan fingerprint density at radius 2 is 2.35 bits per heavy atom. The Morgan fingerprint density at radius 1 is 1.53 bits per heavy atom. The molecule has 0 aliphatic heterocycles. The molecule has 5 heteroatoms. The van der Waals surface area contributed by atoms with Crippen molar-refractivity contribution < 1.29 is 5.11 Å². The van der Waals surface area contributed by atoms with Crippen LogP contribution in [0.5, 0.6) is 0 Å². The first-order valence-corrected chi connectivity index (χ1v) is 5.93. The Bertz CT molecular complexity index is 539. The molecular weight excluding hydrogens is 216 g/mol. The first-order chi connectivity index (χ1) is 8.22. The van der Waals surface area contributed by atoms with Crippen LogP contribution < -0.4 is 5.32 Å². The zero-order chi connectivity index (χ0) is 11.9. The van der Waals surface area contributed by atoms with E-state index in [4.69, 9.17) is 0 Å². The van der Waals surface area contributed by atoms with Crippen molar-refractivity contribution in [2.45, 2.75) is 31.7 Å². The first-order valence-electron chi connectivity index (χ1n) is 5.93. The lowest BCUT2D eigenvalue weighted by molar-refractivity contribution is 0.143. The van der Waals surface area contributed by atoms with Gasteiger partial charge < -0.3 is 10.4 Å². The number of anilines is 1. The molecule has 3 rings (SSSR count). The van der Waals surface area contributed by atoms with Crippen molar-refractivity contribution in [2.24, 2.45) is 0 Å². The number of nitrogens with zero attached hydrogens (tertiary/aromatic N) is 3. The molecule has 90 valence electrons. The van der Waals surface area contributed by atoms with Crippen LogP contribution in [0.1, 0.15) is 24.8 Å². The van der Waals surface area contributed by atoms with E-state index in [1.54, 1.807) is 4.52 Å². The van der Waals surface area contributed by atoms with E-state index in [0.29, 0.717) is 5.95 Å². The smallest absolute Gasteiger partial charge is 0.243 e. The van der Waals surface area contributed by atoms with Gasteiger partial charge in [-0.05, 0) is 37.8 Å². The third kappa shape index (κ3) is 1.67. The largest absolute Gasteiger partial charge is 0.394 e. The quantitative estimate of drug-likeness (QED) is 0.839. The van der Waals surface area contributed by atoms with Crippen molar-refractivity contribution in [3.8, 4) is 0 Å². The van der Waals surface area contributed by atoms with Crippen molar-refractivity contribution in [2.75, 3.05) is 11.9 Å². The van der Waals surface area contributed by atoms with Crippen LogP contribution in [0.4, 0.5) is 5.95 Å². The maximum absolute atomic E-state index is 9.40. The highest BCUT2D eigenvalue weighted by Gasteiger charge is 2.37. The van der Waals surface area contributed by atoms with Gasteiger partial charge in [-0.3, -0.25) is 0 Å². The minimum Gasteiger partial charge on any atom is -0.394 e. The van der Waals surface area contributed by atoms with Gasteiger partial charge in [-0.2, -0.15) is 4.98 Å². The Labute approximate surface area is 99.5 Å². The van der Waals surface area contributed by atoms with Gasteiger partial charge in [-0.25, -0.2) is 4.52 Å². The first kappa shape index (κ1) is 10.5. The molecule has 2 N–H and O–H groups in total. The van der Waals surface area contributed by atoms with Crippen molar-refractivity contribution in [1.82, 2.24) is 14.6 Å². The van der Waals surface area contributed by atoms with Gasteiger partial charge >= 0.3 is 0 Å². The average molecular weight is 232 g/mol. The summed E-state index contributed by atoms with van der Waals surface area (Å²) in [5.74, 6) is 0.605. The molecule has 0 aromatic carbocycles. The summed E-state index contributed by atoms with van der Waals surface area (Å²) in [6.45, 7) is 2.15. The van der Waals surface area contributed by atoms with Crippen LogP contribution in [0.25, 0.3) is 5.65 Å². The van der Waals surface area contributed by atoms with Gasteiger partial charge in [0.15, 0.2) is 5.65 Å². The molecule has 0 amide bonds. The lowest BCUT2D eigenvalue weighted by Crippen LogP contribution is -2.48. The van der Waals surface area contributed by atoms with E-state index in [9.17, 15) is 5.11 Å². The molecule has 2 heterocycles. The number of fused-ring (bicyclic) bond motifs is 1. The molecule has 0 bridgehead atoms. The van der Waals surface area contributed by atoms with Crippen molar-refractivity contribution in [3.05, 3.63) is 23.9 Å². The van der Waals surface area contributed by atoms with E-state index >= 15 is 0 Å². The van der Waals surface area contributed by atoms with Crippen LogP contribution in [0.3, 0.4) is 0 Å². The highest BCUT2D eigenvalue weighted by atomic mass is 16.3. The van der Waals surface area contributed by atoms with Crippen molar-refractivity contribution in [1.29, 1.82) is 0 Å². The predicted octanol–water partition coefficient (Wildman–Crippen LogP) is 1.36. The normalized spacial score (nSPS) is 18.0. The number of pyridine rings is 1. The number of hydrogen-bond donors (Lipinski definition) is 2. The van der Waals surface area contributed by atoms with Gasteiger partial charge in [0.25, 0.3) is 0 Å². The number of aliphatic hydroxyl groups excluding tert-OH is 1. The maximum atomic E-state index is 9.40. The average Bonchev–Trinajstić information content (AvgIpc) is 2.68. The molecule has 5 nitrogen and oxygen atoms in total. The van der Waals surface area contributed by atoms with E-state index in [1.165, 1.54) is 0 Å². The second-order valence-corrected chi connectivity index (χ2v) is 4.81. The van der Waals surface area contributed by atoms with Crippen LogP contribution in [-0.2, 0) is 0 Å². The molecule has 1 saturated carbocycles. The zero-order valence-corrected chi connectivity index (χ0v) is 9.85. The summed E-state index contributed by atoms with van der Waals surface area (Å²) in [6, 6.07) is 3.96. The lowest BCUT2D eigenvalue weighted by Gasteiger charge is -2.40. The number of aliphatic hydroxyl groups is 1. The summed E-state index contributed by atoms with van der Waals surface area (Å²) >= 11 is 0. The predicted molar refractivity (Wildman–Crippen MR) is 65.0 cm³/mol. The number of nitrogens with one attached hydrogen (secondary N) is 1. The Morgan fingerprint density at radius 3 is 2.94 bits per heavy atom. The minimum absolute atomic E-state index is 0.140. The fourth-order valence-corrected chi connectivity index (χ4v) is 2.26. The summed E-state index contributed by atoms with van der Waals surface area (Å²) in [5, 5.41) is 17.0. The van der Waals surface area contributed by atoms with E-state index in [-0.39, 0.29) is 12.1 Å². The molecule has 1 aliphatic rings. The molecule has 2 aromatic rings. The standard InChI is InChI=1S/C12H16N4O/c1-9-4-2-7-16-10(9)13-11(15-16)14-12(8-17)5-3-6-12/h2,4,7,17H,3,5-6,8H2,1H3,(H,14,15). The molecule has 0 spiro atoms. The maximum Gasteiger partial charge on any atom is 0.243 e. The number of rotatable bonds is 3. The molecule has 0 unspecified atom stereocenters. The fourth-order valence-electron chi connectivity index (χ4n) is 2.26. The SMILES string of the molecule is Cc1cccn2nc(NC3(CO)CCC3)nc12. The van der Waals surface area contributed by atoms with Gasteiger partial charge in [-0.1, -0.05) is 6.07 Å². The van der Waals surface area contributed by atoms with E-state index in [2.05, 4.69) is 15.4 Å². The van der Waals surface area contributed by atoms with Gasteiger partial charge in [0, 0.05) is 6.20 Å². The van der Waals surface area contributed by atoms with Crippen LogP contribution in [0.15, 0.2) is 18.3 Å². The van der Waals surface area contributed by atoms with Crippen LogP contribution in [0, 0.1) is 6.92 Å². The van der Waals surface area contributed by atoms with Crippen molar-refractivity contribution >= 4 is 11.6 Å². The number of hydrogen-bond acceptors (Lipinski definition) is 4. The summed E-state index contributed by atoms with van der Waals surface area (Å²) in [4.78, 5) is 4.46. The second kappa shape index (κ2) is 3.70. The molecule has 0 radical (unpaired) electrons. The molecule has 0 atom stereocenters. The molecule has 17 heavy (non-hydrogen) atoms. The Hall–Kier alpha value is -1.62. The van der Waals surface area contributed by atoms with Gasteiger partial charge in [0.05, 0.1) is 12.1 Å². The third-order valence-electron chi connectivity index (χ3n) is 3.55. The minimum atomic E-state index is -0.196. The summed E-state index contributed by atoms with van der Waals surface area (Å²) in [7, 11) is 0. The van der Waals surface area contributed by atoms with Crippen LogP contribution >= 0.6 is 0 Å². The molecule has 1 aliphatic carbocycles. The molecule has 0 saturated heterocycles. The van der Waals surface area contributed by atoms with Crippen LogP contribution in [-0.4, -0.2) is 31.9 Å². The van der Waals surface area contributed by atoms with Gasteiger partial charge in [0.1, 0.15) is 0 Å². The Balaban J connectivity index is 1.93. The number of aromatic nitrogens is 3. The molecule has 1 fully saturated rings. The summed E-state index contributed by atoms with van der Waals surface area (Å²) in [5.41, 5.74) is 1.76. The fraction of sp³-hybridized carbons (Fsp3) is 0.500. The highest BCUT2D eigenvalue weighted by molar-refractivity contribution is 5.50. The zero-order valence-electron chi connectivity index (χ0n) is 9.85. The third-order valence-corrected chi connectivity index (χ3v) is 3.55. The molecular formula is C12H16N4O. The Kier molecular flexibility index (Phi) is 2.29. The van der Waals surface area contributed by atoms with Crippen molar-refractivity contribution in [3.63, 3.8) is 0 Å². The summed E-state index contributed by atoms with van der Waals surface area (Å²) < 4.78 is 1.77. The number of aryl methyl sites for hydroxylation is 1. The highest BCUT2D eigenvalue weighted by Crippen LogP contribution is 2.34. The molecule has 2 aromatic heterocycles. The second-order valence-electron chi connectivity index (χ2n) is 4.81. The lowest BCUT2D eigenvalue weighted by atomic mass is 9.77. The van der Waals surface area contributed by atoms with E-state index < -0.39 is 0 Å². The monoisotopic (exact) mass is 232 g/mol.